The van der Waals surface area contributed by atoms with E-state index in [1.165, 1.54) is 12.8 Å². The summed E-state index contributed by atoms with van der Waals surface area (Å²) in [6, 6.07) is 2.25. The van der Waals surface area contributed by atoms with Crippen LogP contribution in [0, 0.1) is 28.6 Å². The Morgan fingerprint density at radius 1 is 1.67 bits per heavy atom. The van der Waals surface area contributed by atoms with Crippen molar-refractivity contribution in [2.24, 2.45) is 17.3 Å². The van der Waals surface area contributed by atoms with Crippen LogP contribution in [0.1, 0.15) is 32.6 Å². The number of hydrogen-bond donors (Lipinski definition) is 0. The van der Waals surface area contributed by atoms with Crippen LogP contribution in [-0.4, -0.2) is 0 Å². The van der Waals surface area contributed by atoms with E-state index in [0.717, 1.165) is 24.7 Å². The second-order valence-corrected chi connectivity index (χ2v) is 4.30. The van der Waals surface area contributed by atoms with E-state index < -0.39 is 0 Å². The molecule has 1 saturated carbocycles. The van der Waals surface area contributed by atoms with Crippen LogP contribution in [0.2, 0.25) is 0 Å². The first-order chi connectivity index (χ1) is 5.79. The number of hydrogen-bond acceptors (Lipinski definition) is 1. The minimum Gasteiger partial charge on any atom is -0.198 e. The molecule has 1 nitrogen and oxygen atoms in total. The summed E-state index contributed by atoms with van der Waals surface area (Å²) < 4.78 is 0. The molecule has 0 radical (unpaired) electrons. The molecule has 1 heteroatoms. The van der Waals surface area contributed by atoms with Crippen LogP contribution in [0.5, 0.6) is 0 Å². The van der Waals surface area contributed by atoms with Crippen molar-refractivity contribution in [3.05, 3.63) is 12.2 Å². The smallest absolute Gasteiger partial charge is 0.0621 e. The topological polar surface area (TPSA) is 23.8 Å². The molecule has 0 N–H and O–H groups in total. The lowest BCUT2D eigenvalue weighted by atomic mass is 9.98. The Hall–Kier alpha value is -0.770. The first kappa shape index (κ1) is 7.86. The molecule has 0 aromatic carbocycles. The van der Waals surface area contributed by atoms with Gasteiger partial charge in [0.05, 0.1) is 6.07 Å². The average molecular weight is 161 g/mol. The molecule has 1 fully saturated rings. The third kappa shape index (κ3) is 0.982. The summed E-state index contributed by atoms with van der Waals surface area (Å²) in [5.41, 5.74) is 0.489. The van der Waals surface area contributed by atoms with Crippen molar-refractivity contribution in [3.63, 3.8) is 0 Å². The molecule has 12 heavy (non-hydrogen) atoms. The van der Waals surface area contributed by atoms with Gasteiger partial charge in [0.1, 0.15) is 0 Å². The fourth-order valence-electron chi connectivity index (χ4n) is 2.76. The van der Waals surface area contributed by atoms with E-state index in [4.69, 9.17) is 5.26 Å². The Morgan fingerprint density at radius 2 is 2.50 bits per heavy atom. The summed E-state index contributed by atoms with van der Waals surface area (Å²) in [6.07, 6.45) is 9.11. The van der Waals surface area contributed by atoms with Crippen molar-refractivity contribution in [1.29, 1.82) is 5.26 Å². The average Bonchev–Trinajstić information content (AvgIpc) is 2.71. The van der Waals surface area contributed by atoms with E-state index in [0.29, 0.717) is 5.41 Å². The second-order valence-electron chi connectivity index (χ2n) is 4.30. The Kier molecular flexibility index (Phi) is 1.72. The van der Waals surface area contributed by atoms with Crippen molar-refractivity contribution in [2.75, 3.05) is 0 Å². The number of allylic oxidation sites excluding steroid dienone is 2. The third-order valence-electron chi connectivity index (χ3n) is 3.70. The van der Waals surface area contributed by atoms with Gasteiger partial charge in [0.15, 0.2) is 0 Å². The minimum atomic E-state index is 0.489. The molecule has 2 aliphatic rings. The van der Waals surface area contributed by atoms with Gasteiger partial charge in [-0.15, -0.1) is 0 Å². The van der Waals surface area contributed by atoms with Crippen LogP contribution in [0.4, 0.5) is 0 Å². The van der Waals surface area contributed by atoms with Gasteiger partial charge < -0.3 is 0 Å². The summed E-state index contributed by atoms with van der Waals surface area (Å²) in [7, 11) is 0. The molecule has 0 aromatic rings. The zero-order valence-electron chi connectivity index (χ0n) is 7.59. The van der Waals surface area contributed by atoms with Gasteiger partial charge >= 0.3 is 0 Å². The van der Waals surface area contributed by atoms with E-state index in [-0.39, 0.29) is 0 Å². The lowest BCUT2D eigenvalue weighted by Gasteiger charge is -2.06. The van der Waals surface area contributed by atoms with Crippen LogP contribution in [0.25, 0.3) is 0 Å². The summed E-state index contributed by atoms with van der Waals surface area (Å²) in [5.74, 6) is 1.70. The lowest BCUT2D eigenvalue weighted by molar-refractivity contribution is 0.450. The molecular formula is C11H15N. The third-order valence-corrected chi connectivity index (χ3v) is 3.70. The summed E-state index contributed by atoms with van der Waals surface area (Å²) in [6.45, 7) is 2.34. The summed E-state index contributed by atoms with van der Waals surface area (Å²) >= 11 is 0. The van der Waals surface area contributed by atoms with Crippen LogP contribution in [0.3, 0.4) is 0 Å². The molecule has 0 spiro atoms. The van der Waals surface area contributed by atoms with Gasteiger partial charge in [0, 0.05) is 6.42 Å². The van der Waals surface area contributed by atoms with Crippen molar-refractivity contribution in [2.45, 2.75) is 32.6 Å². The quantitative estimate of drug-likeness (QED) is 0.571. The first-order valence-corrected chi connectivity index (χ1v) is 4.82. The Morgan fingerprint density at radius 3 is 3.08 bits per heavy atom. The number of nitrogens with zero attached hydrogens (tertiary/aromatic N) is 1. The standard InChI is InChI=1S/C11H15N/c1-11(7-4-8-12)9-5-2-3-6-10(9)11/h2,5,9-10H,3-4,6-7H2,1H3/t9-,10+,11-/m1/s1. The molecule has 2 aliphatic carbocycles. The van der Waals surface area contributed by atoms with Crippen molar-refractivity contribution < 1.29 is 0 Å². The van der Waals surface area contributed by atoms with Gasteiger partial charge in [-0.1, -0.05) is 19.1 Å². The highest BCUT2D eigenvalue weighted by molar-refractivity contribution is 5.19. The van der Waals surface area contributed by atoms with E-state index in [2.05, 4.69) is 25.1 Å². The van der Waals surface area contributed by atoms with E-state index >= 15 is 0 Å². The predicted octanol–water partition coefficient (Wildman–Crippen LogP) is 2.89. The molecule has 3 atom stereocenters. The maximum absolute atomic E-state index is 8.52. The molecule has 0 aromatic heterocycles. The molecule has 64 valence electrons. The van der Waals surface area contributed by atoms with Crippen molar-refractivity contribution in [3.8, 4) is 6.07 Å². The van der Waals surface area contributed by atoms with Gasteiger partial charge in [-0.2, -0.15) is 5.26 Å². The Balaban J connectivity index is 1.99. The molecule has 0 bridgehead atoms. The van der Waals surface area contributed by atoms with Gasteiger partial charge in [0.25, 0.3) is 0 Å². The Bertz CT molecular complexity index is 248. The van der Waals surface area contributed by atoms with Gasteiger partial charge in [-0.05, 0) is 36.5 Å². The molecule has 0 aliphatic heterocycles. The maximum atomic E-state index is 8.52. The zero-order valence-corrected chi connectivity index (χ0v) is 7.59. The summed E-state index contributed by atoms with van der Waals surface area (Å²) in [5, 5.41) is 8.52. The van der Waals surface area contributed by atoms with Crippen LogP contribution in [0.15, 0.2) is 12.2 Å². The molecule has 0 amide bonds. The lowest BCUT2D eigenvalue weighted by Crippen LogP contribution is -1.97. The highest BCUT2D eigenvalue weighted by atomic mass is 14.6. The monoisotopic (exact) mass is 161 g/mol. The van der Waals surface area contributed by atoms with Crippen molar-refractivity contribution in [1.82, 2.24) is 0 Å². The predicted molar refractivity (Wildman–Crippen MR) is 48.3 cm³/mol. The first-order valence-electron chi connectivity index (χ1n) is 4.82. The van der Waals surface area contributed by atoms with Crippen LogP contribution in [-0.2, 0) is 0 Å². The fraction of sp³-hybridized carbons (Fsp3) is 0.727. The highest BCUT2D eigenvalue weighted by Crippen LogP contribution is 2.65. The largest absolute Gasteiger partial charge is 0.198 e. The molecule has 2 rings (SSSR count). The van der Waals surface area contributed by atoms with E-state index in [9.17, 15) is 0 Å². The molecule has 0 heterocycles. The second kappa shape index (κ2) is 2.62. The minimum absolute atomic E-state index is 0.489. The Labute approximate surface area is 74.1 Å². The van der Waals surface area contributed by atoms with Gasteiger partial charge in [0.2, 0.25) is 0 Å². The SMILES string of the molecule is C[C@@]1(CCC#N)[C@@H]2C=CCC[C@@H]21. The summed E-state index contributed by atoms with van der Waals surface area (Å²) in [4.78, 5) is 0. The van der Waals surface area contributed by atoms with Gasteiger partial charge in [-0.25, -0.2) is 0 Å². The van der Waals surface area contributed by atoms with E-state index in [1.807, 2.05) is 0 Å². The van der Waals surface area contributed by atoms with Crippen molar-refractivity contribution >= 4 is 0 Å². The normalized spacial score (nSPS) is 43.3. The molecule has 0 saturated heterocycles. The number of nitriles is 1. The van der Waals surface area contributed by atoms with Crippen LogP contribution >= 0.6 is 0 Å². The fourth-order valence-corrected chi connectivity index (χ4v) is 2.76. The maximum Gasteiger partial charge on any atom is 0.0621 e. The van der Waals surface area contributed by atoms with Gasteiger partial charge in [-0.3, -0.25) is 0 Å². The highest BCUT2D eigenvalue weighted by Gasteiger charge is 2.58. The molecule has 0 unspecified atom stereocenters. The molecular weight excluding hydrogens is 146 g/mol. The number of rotatable bonds is 2. The number of fused-ring (bicyclic) bond motifs is 1. The van der Waals surface area contributed by atoms with E-state index in [1.54, 1.807) is 0 Å². The van der Waals surface area contributed by atoms with Crippen LogP contribution < -0.4 is 0 Å². The zero-order chi connectivity index (χ0) is 8.60.